The van der Waals surface area contributed by atoms with Gasteiger partial charge in [0.1, 0.15) is 5.82 Å². The van der Waals surface area contributed by atoms with Crippen LogP contribution in [-0.4, -0.2) is 17.9 Å². The largest absolute Gasteiger partial charge is 0.296 e. The maximum atomic E-state index is 12.0. The Kier molecular flexibility index (Phi) is 2.96. The lowest BCUT2D eigenvalue weighted by Crippen LogP contribution is -2.26. The van der Waals surface area contributed by atoms with Crippen LogP contribution in [0.5, 0.6) is 0 Å². The minimum Gasteiger partial charge on any atom is -0.296 e. The highest BCUT2D eigenvalue weighted by molar-refractivity contribution is 6.05. The Bertz CT molecular complexity index is 468. The normalized spacial score (nSPS) is 9.81. The van der Waals surface area contributed by atoms with Crippen LogP contribution in [0.25, 0.3) is 0 Å². The molecule has 1 heterocycles. The second-order valence-electron chi connectivity index (χ2n) is 3.42. The first-order valence-corrected chi connectivity index (χ1v) is 5.03. The van der Waals surface area contributed by atoms with Gasteiger partial charge in [0.25, 0.3) is 5.91 Å². The molecule has 2 rings (SSSR count). The molecule has 1 aromatic carbocycles. The lowest BCUT2D eigenvalue weighted by atomic mass is 10.2. The molecule has 1 amide bonds. The van der Waals surface area contributed by atoms with Gasteiger partial charge in [-0.05, 0) is 24.3 Å². The fourth-order valence-electron chi connectivity index (χ4n) is 1.43. The molecule has 3 heteroatoms. The Hall–Kier alpha value is -2.16. The molecule has 0 fully saturated rings. The number of aromatic nitrogens is 1. The van der Waals surface area contributed by atoms with Gasteiger partial charge in [0.05, 0.1) is 0 Å². The van der Waals surface area contributed by atoms with Crippen LogP contribution in [0.1, 0.15) is 10.4 Å². The first-order valence-electron chi connectivity index (χ1n) is 5.03. The summed E-state index contributed by atoms with van der Waals surface area (Å²) in [4.78, 5) is 17.7. The number of pyridine rings is 1. The van der Waals surface area contributed by atoms with Crippen LogP contribution in [0, 0.1) is 0 Å². The van der Waals surface area contributed by atoms with Crippen molar-refractivity contribution >= 4 is 11.7 Å². The van der Waals surface area contributed by atoms with Gasteiger partial charge < -0.3 is 0 Å². The van der Waals surface area contributed by atoms with Crippen LogP contribution in [-0.2, 0) is 0 Å². The van der Waals surface area contributed by atoms with Crippen molar-refractivity contribution in [3.63, 3.8) is 0 Å². The van der Waals surface area contributed by atoms with Crippen LogP contribution in [0.4, 0.5) is 5.82 Å². The molecule has 0 unspecified atom stereocenters. The van der Waals surface area contributed by atoms with E-state index in [2.05, 4.69) is 4.98 Å². The van der Waals surface area contributed by atoms with E-state index in [0.717, 1.165) is 0 Å². The summed E-state index contributed by atoms with van der Waals surface area (Å²) in [7, 11) is 1.72. The lowest BCUT2D eigenvalue weighted by Gasteiger charge is -2.15. The average Bonchev–Trinajstić information content (AvgIpc) is 2.39. The third-order valence-electron chi connectivity index (χ3n) is 2.32. The van der Waals surface area contributed by atoms with Gasteiger partial charge in [0, 0.05) is 18.8 Å². The average molecular weight is 212 g/mol. The molecule has 0 radical (unpaired) electrons. The van der Waals surface area contributed by atoms with Crippen molar-refractivity contribution in [3.8, 4) is 0 Å². The highest BCUT2D eigenvalue weighted by Crippen LogP contribution is 2.11. The third-order valence-corrected chi connectivity index (χ3v) is 2.32. The van der Waals surface area contributed by atoms with Crippen molar-refractivity contribution < 1.29 is 4.79 Å². The topological polar surface area (TPSA) is 33.2 Å². The van der Waals surface area contributed by atoms with Crippen molar-refractivity contribution in [1.29, 1.82) is 0 Å². The van der Waals surface area contributed by atoms with E-state index in [-0.39, 0.29) is 5.91 Å². The monoisotopic (exact) mass is 212 g/mol. The zero-order chi connectivity index (χ0) is 11.4. The molecule has 0 bridgehead atoms. The number of hydrogen-bond donors (Lipinski definition) is 0. The molecule has 0 atom stereocenters. The molecule has 0 N–H and O–H groups in total. The number of nitrogens with zero attached hydrogens (tertiary/aromatic N) is 2. The number of benzene rings is 1. The van der Waals surface area contributed by atoms with E-state index in [4.69, 9.17) is 0 Å². The smallest absolute Gasteiger partial charge is 0.259 e. The molecule has 0 spiro atoms. The summed E-state index contributed by atoms with van der Waals surface area (Å²) in [5.74, 6) is 0.593. The summed E-state index contributed by atoms with van der Waals surface area (Å²) in [6.45, 7) is 0. The van der Waals surface area contributed by atoms with E-state index in [1.165, 1.54) is 4.90 Å². The number of carbonyl (C=O) groups excluding carboxylic acids is 1. The van der Waals surface area contributed by atoms with Gasteiger partial charge in [-0.2, -0.15) is 0 Å². The fourth-order valence-corrected chi connectivity index (χ4v) is 1.43. The quantitative estimate of drug-likeness (QED) is 0.765. The summed E-state index contributed by atoms with van der Waals surface area (Å²) >= 11 is 0. The van der Waals surface area contributed by atoms with Crippen molar-refractivity contribution in [2.45, 2.75) is 0 Å². The van der Waals surface area contributed by atoms with Crippen LogP contribution in [0.2, 0.25) is 0 Å². The maximum absolute atomic E-state index is 12.0. The van der Waals surface area contributed by atoms with Gasteiger partial charge in [-0.25, -0.2) is 4.98 Å². The Balaban J connectivity index is 2.24. The minimum absolute atomic E-state index is 0.0562. The minimum atomic E-state index is -0.0562. The van der Waals surface area contributed by atoms with Gasteiger partial charge in [-0.3, -0.25) is 9.69 Å². The molecule has 3 nitrogen and oxygen atoms in total. The second kappa shape index (κ2) is 4.57. The van der Waals surface area contributed by atoms with Crippen molar-refractivity contribution in [3.05, 3.63) is 60.3 Å². The lowest BCUT2D eigenvalue weighted by molar-refractivity contribution is 0.0992. The van der Waals surface area contributed by atoms with E-state index in [1.54, 1.807) is 31.4 Å². The van der Waals surface area contributed by atoms with Crippen LogP contribution in [0.15, 0.2) is 54.7 Å². The van der Waals surface area contributed by atoms with Crippen molar-refractivity contribution in [2.24, 2.45) is 0 Å². The Morgan fingerprint density at radius 3 is 2.38 bits per heavy atom. The van der Waals surface area contributed by atoms with E-state index < -0.39 is 0 Å². The zero-order valence-corrected chi connectivity index (χ0v) is 9.00. The number of amides is 1. The van der Waals surface area contributed by atoms with Gasteiger partial charge in [-0.15, -0.1) is 0 Å². The van der Waals surface area contributed by atoms with E-state index >= 15 is 0 Å². The highest BCUT2D eigenvalue weighted by Gasteiger charge is 2.12. The van der Waals surface area contributed by atoms with Gasteiger partial charge in [0.15, 0.2) is 0 Å². The number of anilines is 1. The molecule has 2 aromatic rings. The summed E-state index contributed by atoms with van der Waals surface area (Å²) < 4.78 is 0. The molecule has 80 valence electrons. The highest BCUT2D eigenvalue weighted by atomic mass is 16.2. The van der Waals surface area contributed by atoms with Crippen LogP contribution in [0.3, 0.4) is 0 Å². The predicted octanol–water partition coefficient (Wildman–Crippen LogP) is 2.36. The molecular formula is C13H12N2O. The standard InChI is InChI=1S/C13H12N2O/c1-15(12-9-5-6-10-14-12)13(16)11-7-3-2-4-8-11/h2-10H,1H3. The third kappa shape index (κ3) is 2.08. The summed E-state index contributed by atoms with van der Waals surface area (Å²) in [6.07, 6.45) is 1.67. The Morgan fingerprint density at radius 2 is 1.75 bits per heavy atom. The molecule has 0 saturated carbocycles. The van der Waals surface area contributed by atoms with Gasteiger partial charge in [-0.1, -0.05) is 24.3 Å². The SMILES string of the molecule is CN(C(=O)c1ccccc1)c1ccccn1. The first kappa shape index (κ1) is 10.4. The molecule has 0 aliphatic carbocycles. The summed E-state index contributed by atoms with van der Waals surface area (Å²) in [5, 5.41) is 0. The van der Waals surface area contributed by atoms with E-state index in [1.807, 2.05) is 30.3 Å². The summed E-state index contributed by atoms with van der Waals surface area (Å²) in [6, 6.07) is 14.7. The summed E-state index contributed by atoms with van der Waals surface area (Å²) in [5.41, 5.74) is 0.663. The first-order chi connectivity index (χ1) is 7.79. The molecule has 0 aliphatic rings. The van der Waals surface area contributed by atoms with Crippen LogP contribution < -0.4 is 4.90 Å². The molecule has 16 heavy (non-hydrogen) atoms. The molecular weight excluding hydrogens is 200 g/mol. The Labute approximate surface area is 94.4 Å². The van der Waals surface area contributed by atoms with E-state index in [9.17, 15) is 4.79 Å². The second-order valence-corrected chi connectivity index (χ2v) is 3.42. The maximum Gasteiger partial charge on any atom is 0.259 e. The number of rotatable bonds is 2. The van der Waals surface area contributed by atoms with E-state index in [0.29, 0.717) is 11.4 Å². The number of carbonyl (C=O) groups is 1. The molecule has 0 aliphatic heterocycles. The van der Waals surface area contributed by atoms with Gasteiger partial charge >= 0.3 is 0 Å². The van der Waals surface area contributed by atoms with Crippen molar-refractivity contribution in [1.82, 2.24) is 4.98 Å². The van der Waals surface area contributed by atoms with Crippen LogP contribution >= 0.6 is 0 Å². The predicted molar refractivity (Wildman–Crippen MR) is 63.4 cm³/mol. The Morgan fingerprint density at radius 1 is 1.06 bits per heavy atom. The molecule has 0 saturated heterocycles. The molecule has 1 aromatic heterocycles. The fraction of sp³-hybridized carbons (Fsp3) is 0.0769. The van der Waals surface area contributed by atoms with Crippen molar-refractivity contribution in [2.75, 3.05) is 11.9 Å². The number of hydrogen-bond acceptors (Lipinski definition) is 2. The van der Waals surface area contributed by atoms with Gasteiger partial charge in [0.2, 0.25) is 0 Å². The zero-order valence-electron chi connectivity index (χ0n) is 9.00.